The number of aliphatic hydroxyl groups is 4. The molecule has 166 valence electrons. The number of anilines is 1. The summed E-state index contributed by atoms with van der Waals surface area (Å²) >= 11 is 0. The van der Waals surface area contributed by atoms with Gasteiger partial charge in [0, 0.05) is 37.8 Å². The zero-order valence-electron chi connectivity index (χ0n) is 17.1. The number of likely N-dealkylation sites (tertiary alicyclic amines) is 1. The summed E-state index contributed by atoms with van der Waals surface area (Å²) in [7, 11) is 1.28. The summed E-state index contributed by atoms with van der Waals surface area (Å²) < 4.78 is 10.3. The number of fused-ring (bicyclic) bond motifs is 1. The van der Waals surface area contributed by atoms with E-state index in [0.29, 0.717) is 19.8 Å². The Morgan fingerprint density at radius 3 is 2.50 bits per heavy atom. The lowest BCUT2D eigenvalue weighted by molar-refractivity contribution is -0.197. The van der Waals surface area contributed by atoms with Crippen LogP contribution in [0, 0.1) is 0 Å². The minimum absolute atomic E-state index is 0.0497. The lowest BCUT2D eigenvalue weighted by Gasteiger charge is -2.45. The molecule has 0 bridgehead atoms. The van der Waals surface area contributed by atoms with Gasteiger partial charge >= 0.3 is 5.97 Å². The third kappa shape index (κ3) is 3.70. The van der Waals surface area contributed by atoms with Gasteiger partial charge in [0.15, 0.2) is 0 Å². The van der Waals surface area contributed by atoms with Crippen molar-refractivity contribution >= 4 is 11.7 Å². The normalized spacial score (nSPS) is 37.1. The van der Waals surface area contributed by atoms with Crippen LogP contribution in [0.1, 0.15) is 18.4 Å². The molecule has 0 radical (unpaired) electrons. The molecule has 6 atom stereocenters. The van der Waals surface area contributed by atoms with Crippen molar-refractivity contribution in [3.63, 3.8) is 0 Å². The number of esters is 1. The van der Waals surface area contributed by atoms with Gasteiger partial charge in [-0.3, -0.25) is 9.69 Å². The van der Waals surface area contributed by atoms with Crippen molar-refractivity contribution in [2.75, 3.05) is 38.3 Å². The molecule has 9 heteroatoms. The van der Waals surface area contributed by atoms with Crippen molar-refractivity contribution < 1.29 is 34.7 Å². The van der Waals surface area contributed by atoms with Crippen molar-refractivity contribution in [1.29, 1.82) is 0 Å². The Bertz CT molecular complexity index is 754. The van der Waals surface area contributed by atoms with Gasteiger partial charge in [-0.05, 0) is 24.1 Å². The molecular formula is C21H30N2O7. The van der Waals surface area contributed by atoms with Crippen LogP contribution in [0.15, 0.2) is 24.3 Å². The Labute approximate surface area is 175 Å². The Hall–Kier alpha value is -1.75. The van der Waals surface area contributed by atoms with E-state index in [-0.39, 0.29) is 12.8 Å². The summed E-state index contributed by atoms with van der Waals surface area (Å²) in [6, 6.07) is 6.52. The Morgan fingerprint density at radius 2 is 1.87 bits per heavy atom. The molecule has 0 spiro atoms. The zero-order chi connectivity index (χ0) is 21.5. The molecule has 2 saturated heterocycles. The van der Waals surface area contributed by atoms with Crippen LogP contribution in [0.4, 0.5) is 5.69 Å². The fourth-order valence-corrected chi connectivity index (χ4v) is 5.02. The Morgan fingerprint density at radius 1 is 1.20 bits per heavy atom. The van der Waals surface area contributed by atoms with Crippen LogP contribution in [0.3, 0.4) is 0 Å². The second-order valence-electron chi connectivity index (χ2n) is 8.43. The highest BCUT2D eigenvalue weighted by molar-refractivity contribution is 5.76. The summed E-state index contributed by atoms with van der Waals surface area (Å²) in [6.07, 6.45) is -4.22. The first-order valence-corrected chi connectivity index (χ1v) is 10.4. The van der Waals surface area contributed by atoms with E-state index in [9.17, 15) is 25.2 Å². The largest absolute Gasteiger partial charge is 0.468 e. The molecule has 30 heavy (non-hydrogen) atoms. The van der Waals surface area contributed by atoms with E-state index >= 15 is 0 Å². The molecule has 1 aromatic rings. The molecular weight excluding hydrogens is 392 g/mol. The highest BCUT2D eigenvalue weighted by atomic mass is 16.5. The SMILES string of the molecule is COC(=O)[C@@H]1C[C@@]2(O)[C@H](O)[C@H](O)[C@H](O)C[C@H]2N1Cc1ccc(N2CCOCC2)cc1. The van der Waals surface area contributed by atoms with E-state index in [4.69, 9.17) is 9.47 Å². The number of hydrogen-bond donors (Lipinski definition) is 4. The van der Waals surface area contributed by atoms with Crippen LogP contribution in [0.5, 0.6) is 0 Å². The molecule has 4 N–H and O–H groups in total. The van der Waals surface area contributed by atoms with Crippen molar-refractivity contribution in [2.45, 2.75) is 55.4 Å². The second kappa shape index (κ2) is 8.41. The summed E-state index contributed by atoms with van der Waals surface area (Å²) in [5, 5.41) is 41.9. The predicted molar refractivity (Wildman–Crippen MR) is 107 cm³/mol. The zero-order valence-corrected chi connectivity index (χ0v) is 17.1. The van der Waals surface area contributed by atoms with Crippen molar-refractivity contribution in [3.05, 3.63) is 29.8 Å². The van der Waals surface area contributed by atoms with Crippen LogP contribution < -0.4 is 4.90 Å². The molecule has 2 heterocycles. The molecule has 0 amide bonds. The smallest absolute Gasteiger partial charge is 0.323 e. The van der Waals surface area contributed by atoms with E-state index in [1.54, 1.807) is 4.90 Å². The van der Waals surface area contributed by atoms with Crippen LogP contribution in [0.2, 0.25) is 0 Å². The van der Waals surface area contributed by atoms with Gasteiger partial charge in [-0.1, -0.05) is 12.1 Å². The minimum Gasteiger partial charge on any atom is -0.468 e. The maximum absolute atomic E-state index is 12.4. The highest BCUT2D eigenvalue weighted by Gasteiger charge is 2.62. The number of morpholine rings is 1. The number of methoxy groups -OCH3 is 1. The monoisotopic (exact) mass is 422 g/mol. The quantitative estimate of drug-likeness (QED) is 0.446. The van der Waals surface area contributed by atoms with Crippen LogP contribution in [-0.4, -0.2) is 101 Å². The van der Waals surface area contributed by atoms with E-state index in [2.05, 4.69) is 4.90 Å². The Kier molecular flexibility index (Phi) is 6.02. The van der Waals surface area contributed by atoms with E-state index in [1.165, 1.54) is 7.11 Å². The Balaban J connectivity index is 1.56. The summed E-state index contributed by atoms with van der Waals surface area (Å²) in [5.41, 5.74) is 0.321. The topological polar surface area (TPSA) is 123 Å². The van der Waals surface area contributed by atoms with Crippen LogP contribution in [0.25, 0.3) is 0 Å². The minimum atomic E-state index is -1.70. The third-order valence-electron chi connectivity index (χ3n) is 6.74. The number of carbonyl (C=O) groups excluding carboxylic acids is 1. The van der Waals surface area contributed by atoms with Gasteiger partial charge in [0.05, 0.1) is 26.4 Å². The highest BCUT2D eigenvalue weighted by Crippen LogP contribution is 2.44. The number of carbonyl (C=O) groups is 1. The first kappa shape index (κ1) is 21.5. The van der Waals surface area contributed by atoms with Crippen molar-refractivity contribution in [1.82, 2.24) is 4.90 Å². The number of hydrogen-bond acceptors (Lipinski definition) is 9. The fraction of sp³-hybridized carbons (Fsp3) is 0.667. The molecule has 2 aliphatic heterocycles. The second-order valence-corrected chi connectivity index (χ2v) is 8.43. The maximum Gasteiger partial charge on any atom is 0.323 e. The maximum atomic E-state index is 12.4. The first-order valence-electron chi connectivity index (χ1n) is 10.4. The van der Waals surface area contributed by atoms with E-state index < -0.39 is 42.0 Å². The number of rotatable bonds is 4. The number of benzene rings is 1. The molecule has 1 saturated carbocycles. The lowest BCUT2D eigenvalue weighted by atomic mass is 9.75. The first-order chi connectivity index (χ1) is 14.3. The molecule has 4 rings (SSSR count). The van der Waals surface area contributed by atoms with E-state index in [1.807, 2.05) is 24.3 Å². The lowest BCUT2D eigenvalue weighted by Crippen LogP contribution is -2.64. The number of aliphatic hydroxyl groups excluding tert-OH is 3. The average molecular weight is 422 g/mol. The molecule has 3 fully saturated rings. The summed E-state index contributed by atoms with van der Waals surface area (Å²) in [4.78, 5) is 16.4. The van der Waals surface area contributed by atoms with Gasteiger partial charge in [0.1, 0.15) is 23.9 Å². The summed E-state index contributed by atoms with van der Waals surface area (Å²) in [5.74, 6) is -0.515. The standard InChI is InChI=1S/C21H30N2O7/c1-29-20(27)15-11-21(28)17(10-16(24)18(25)19(21)26)23(15)12-13-2-4-14(5-3-13)22-6-8-30-9-7-22/h2-5,15-19,24-26,28H,6-12H2,1H3/t15-,16+,17+,18+,19+,21-/m0/s1. The fourth-order valence-electron chi connectivity index (χ4n) is 5.02. The molecule has 3 aliphatic rings. The third-order valence-corrected chi connectivity index (χ3v) is 6.74. The van der Waals surface area contributed by atoms with Gasteiger partial charge < -0.3 is 34.8 Å². The van der Waals surface area contributed by atoms with Crippen LogP contribution in [-0.2, 0) is 20.8 Å². The molecule has 1 aliphatic carbocycles. The van der Waals surface area contributed by atoms with Gasteiger partial charge in [0.25, 0.3) is 0 Å². The average Bonchev–Trinajstić information content (AvgIpc) is 3.05. The van der Waals surface area contributed by atoms with Gasteiger partial charge in [-0.25, -0.2) is 0 Å². The van der Waals surface area contributed by atoms with Gasteiger partial charge in [-0.2, -0.15) is 0 Å². The number of nitrogens with zero attached hydrogens (tertiary/aromatic N) is 2. The van der Waals surface area contributed by atoms with E-state index in [0.717, 1.165) is 24.3 Å². The van der Waals surface area contributed by atoms with Crippen LogP contribution >= 0.6 is 0 Å². The van der Waals surface area contributed by atoms with Gasteiger partial charge in [0.2, 0.25) is 0 Å². The van der Waals surface area contributed by atoms with Crippen molar-refractivity contribution in [2.24, 2.45) is 0 Å². The molecule has 0 unspecified atom stereocenters. The summed E-state index contributed by atoms with van der Waals surface area (Å²) in [6.45, 7) is 3.41. The molecule has 9 nitrogen and oxygen atoms in total. The van der Waals surface area contributed by atoms with Gasteiger partial charge in [-0.15, -0.1) is 0 Å². The molecule has 1 aromatic carbocycles. The molecule has 0 aromatic heterocycles. The van der Waals surface area contributed by atoms with Crippen molar-refractivity contribution in [3.8, 4) is 0 Å². The predicted octanol–water partition coefficient (Wildman–Crippen LogP) is -1.14. The number of ether oxygens (including phenoxy) is 2.